The van der Waals surface area contributed by atoms with Crippen LogP contribution < -0.4 is 0 Å². The standard InChI is InChI=1S/C11H13FO4S/c1-8-2-4-9(5-3-8)17(13,14)16-11-7-15-6-10(11)12/h2-5,10-11H,6-7H2,1H3/t10-,11-/m0/s1. The van der Waals surface area contributed by atoms with Gasteiger partial charge >= 0.3 is 0 Å². The van der Waals surface area contributed by atoms with Crippen molar-refractivity contribution in [3.8, 4) is 0 Å². The molecule has 17 heavy (non-hydrogen) atoms. The second-order valence-corrected chi connectivity index (χ2v) is 5.53. The molecule has 1 fully saturated rings. The number of benzene rings is 1. The first-order chi connectivity index (χ1) is 7.99. The van der Waals surface area contributed by atoms with Crippen LogP contribution in [0.5, 0.6) is 0 Å². The van der Waals surface area contributed by atoms with Gasteiger partial charge in [0.15, 0.2) is 6.17 Å². The van der Waals surface area contributed by atoms with Crippen molar-refractivity contribution >= 4 is 10.1 Å². The third kappa shape index (κ3) is 2.83. The second-order valence-electron chi connectivity index (χ2n) is 3.96. The number of rotatable bonds is 3. The van der Waals surface area contributed by atoms with E-state index in [-0.39, 0.29) is 18.1 Å². The quantitative estimate of drug-likeness (QED) is 0.772. The molecule has 2 rings (SSSR count). The van der Waals surface area contributed by atoms with Gasteiger partial charge in [-0.05, 0) is 19.1 Å². The molecule has 6 heteroatoms. The van der Waals surface area contributed by atoms with Crippen LogP contribution in [0.3, 0.4) is 0 Å². The van der Waals surface area contributed by atoms with Gasteiger partial charge in [-0.15, -0.1) is 0 Å². The van der Waals surface area contributed by atoms with Crippen LogP contribution in [0.4, 0.5) is 4.39 Å². The number of ether oxygens (including phenoxy) is 1. The third-order valence-electron chi connectivity index (χ3n) is 2.52. The first-order valence-corrected chi connectivity index (χ1v) is 6.61. The molecule has 0 unspecified atom stereocenters. The highest BCUT2D eigenvalue weighted by Crippen LogP contribution is 2.20. The zero-order valence-corrected chi connectivity index (χ0v) is 10.1. The number of hydrogen-bond donors (Lipinski definition) is 0. The maximum absolute atomic E-state index is 13.2. The third-order valence-corrected chi connectivity index (χ3v) is 3.87. The summed E-state index contributed by atoms with van der Waals surface area (Å²) in [6, 6.07) is 6.20. The van der Waals surface area contributed by atoms with E-state index in [4.69, 9.17) is 8.92 Å². The van der Waals surface area contributed by atoms with E-state index in [0.717, 1.165) is 5.56 Å². The van der Waals surface area contributed by atoms with Gasteiger partial charge in [-0.1, -0.05) is 17.7 Å². The molecule has 0 aliphatic carbocycles. The van der Waals surface area contributed by atoms with Gasteiger partial charge in [-0.25, -0.2) is 4.39 Å². The molecule has 1 saturated heterocycles. The van der Waals surface area contributed by atoms with Crippen molar-refractivity contribution < 1.29 is 21.7 Å². The lowest BCUT2D eigenvalue weighted by molar-refractivity contribution is 0.135. The van der Waals surface area contributed by atoms with Crippen LogP contribution in [0, 0.1) is 6.92 Å². The zero-order chi connectivity index (χ0) is 12.5. The van der Waals surface area contributed by atoms with E-state index < -0.39 is 22.4 Å². The predicted molar refractivity (Wildman–Crippen MR) is 59.0 cm³/mol. The SMILES string of the molecule is Cc1ccc(S(=O)(=O)O[C@H]2COC[C@@H]2F)cc1. The molecule has 0 saturated carbocycles. The monoisotopic (exact) mass is 260 g/mol. The molecule has 0 aromatic heterocycles. The van der Waals surface area contributed by atoms with Gasteiger partial charge in [-0.2, -0.15) is 8.42 Å². The van der Waals surface area contributed by atoms with Gasteiger partial charge in [0.05, 0.1) is 18.1 Å². The molecule has 1 heterocycles. The van der Waals surface area contributed by atoms with E-state index in [1.807, 2.05) is 6.92 Å². The van der Waals surface area contributed by atoms with Crippen LogP contribution in [0.25, 0.3) is 0 Å². The van der Waals surface area contributed by atoms with E-state index in [1.54, 1.807) is 12.1 Å². The summed E-state index contributed by atoms with van der Waals surface area (Å²) in [5.74, 6) is 0. The smallest absolute Gasteiger partial charge is 0.297 e. The number of hydrogen-bond acceptors (Lipinski definition) is 4. The van der Waals surface area contributed by atoms with Gasteiger partial charge < -0.3 is 4.74 Å². The average molecular weight is 260 g/mol. The van der Waals surface area contributed by atoms with Crippen molar-refractivity contribution in [2.75, 3.05) is 13.2 Å². The number of alkyl halides is 1. The van der Waals surface area contributed by atoms with Crippen LogP contribution in [0.15, 0.2) is 29.2 Å². The Morgan fingerprint density at radius 1 is 1.29 bits per heavy atom. The topological polar surface area (TPSA) is 52.6 Å². The van der Waals surface area contributed by atoms with Crippen LogP contribution in [0.2, 0.25) is 0 Å². The van der Waals surface area contributed by atoms with Crippen molar-refractivity contribution in [1.82, 2.24) is 0 Å². The van der Waals surface area contributed by atoms with Gasteiger partial charge in [-0.3, -0.25) is 4.18 Å². The molecule has 1 aromatic carbocycles. The molecule has 0 bridgehead atoms. The van der Waals surface area contributed by atoms with Gasteiger partial charge in [0.1, 0.15) is 6.10 Å². The summed E-state index contributed by atoms with van der Waals surface area (Å²) >= 11 is 0. The van der Waals surface area contributed by atoms with Crippen molar-refractivity contribution in [1.29, 1.82) is 0 Å². The summed E-state index contributed by atoms with van der Waals surface area (Å²) in [5, 5.41) is 0. The minimum Gasteiger partial charge on any atom is -0.375 e. The Hall–Kier alpha value is -0.980. The minimum atomic E-state index is -3.91. The molecular formula is C11H13FO4S. The van der Waals surface area contributed by atoms with E-state index >= 15 is 0 Å². The van der Waals surface area contributed by atoms with Crippen LogP contribution in [-0.4, -0.2) is 33.9 Å². The lowest BCUT2D eigenvalue weighted by atomic mass is 10.2. The molecular weight excluding hydrogens is 247 g/mol. The van der Waals surface area contributed by atoms with Crippen LogP contribution >= 0.6 is 0 Å². The molecule has 94 valence electrons. The summed E-state index contributed by atoms with van der Waals surface area (Å²) < 4.78 is 46.4. The molecule has 1 aromatic rings. The highest BCUT2D eigenvalue weighted by Gasteiger charge is 2.33. The fourth-order valence-electron chi connectivity index (χ4n) is 1.52. The molecule has 1 aliphatic heterocycles. The Morgan fingerprint density at radius 2 is 1.94 bits per heavy atom. The minimum absolute atomic E-state index is 0.0298. The highest BCUT2D eigenvalue weighted by atomic mass is 32.2. The maximum atomic E-state index is 13.2. The first kappa shape index (κ1) is 12.5. The summed E-state index contributed by atoms with van der Waals surface area (Å²) in [6.07, 6.45) is -2.43. The molecule has 0 radical (unpaired) electrons. The summed E-state index contributed by atoms with van der Waals surface area (Å²) in [5.41, 5.74) is 0.941. The molecule has 4 nitrogen and oxygen atoms in total. The maximum Gasteiger partial charge on any atom is 0.297 e. The number of aryl methyl sites for hydroxylation is 1. The van der Waals surface area contributed by atoms with Gasteiger partial charge in [0.2, 0.25) is 0 Å². The van der Waals surface area contributed by atoms with Crippen LogP contribution in [-0.2, 0) is 19.0 Å². The van der Waals surface area contributed by atoms with Crippen molar-refractivity contribution in [2.24, 2.45) is 0 Å². The normalized spacial score (nSPS) is 25.1. The molecule has 2 atom stereocenters. The largest absolute Gasteiger partial charge is 0.375 e. The first-order valence-electron chi connectivity index (χ1n) is 5.21. The lowest BCUT2D eigenvalue weighted by Crippen LogP contribution is -2.26. The summed E-state index contributed by atoms with van der Waals surface area (Å²) in [4.78, 5) is 0.0298. The van der Waals surface area contributed by atoms with E-state index in [1.165, 1.54) is 12.1 Å². The predicted octanol–water partition coefficient (Wildman–Crippen LogP) is 1.44. The van der Waals surface area contributed by atoms with Gasteiger partial charge in [0.25, 0.3) is 10.1 Å². The Kier molecular flexibility index (Phi) is 3.46. The van der Waals surface area contributed by atoms with Gasteiger partial charge in [0, 0.05) is 0 Å². The molecule has 0 N–H and O–H groups in total. The summed E-state index contributed by atoms with van der Waals surface area (Å²) in [7, 11) is -3.91. The lowest BCUT2D eigenvalue weighted by Gasteiger charge is -2.12. The fraction of sp³-hybridized carbons (Fsp3) is 0.455. The zero-order valence-electron chi connectivity index (χ0n) is 9.30. The molecule has 1 aliphatic rings. The molecule has 0 spiro atoms. The van der Waals surface area contributed by atoms with E-state index in [0.29, 0.717) is 0 Å². The van der Waals surface area contributed by atoms with E-state index in [2.05, 4.69) is 0 Å². The second kappa shape index (κ2) is 4.72. The van der Waals surface area contributed by atoms with Crippen molar-refractivity contribution in [3.63, 3.8) is 0 Å². The fourth-order valence-corrected chi connectivity index (χ4v) is 2.60. The Morgan fingerprint density at radius 3 is 2.47 bits per heavy atom. The summed E-state index contributed by atoms with van der Waals surface area (Å²) in [6.45, 7) is 1.69. The van der Waals surface area contributed by atoms with Crippen LogP contribution in [0.1, 0.15) is 5.56 Å². The highest BCUT2D eigenvalue weighted by molar-refractivity contribution is 7.86. The van der Waals surface area contributed by atoms with Crippen molar-refractivity contribution in [2.45, 2.75) is 24.1 Å². The van der Waals surface area contributed by atoms with Crippen molar-refractivity contribution in [3.05, 3.63) is 29.8 Å². The number of halogens is 1. The molecule has 0 amide bonds. The van der Waals surface area contributed by atoms with E-state index in [9.17, 15) is 12.8 Å². The average Bonchev–Trinajstić information content (AvgIpc) is 2.64. The Bertz CT molecular complexity index is 483. The Balaban J connectivity index is 2.16. The Labute approximate surface area is 99.5 Å².